The van der Waals surface area contributed by atoms with Gasteiger partial charge in [-0.25, -0.2) is 4.79 Å². The zero-order valence-corrected chi connectivity index (χ0v) is 9.35. The average Bonchev–Trinajstić information content (AvgIpc) is 2.68. The summed E-state index contributed by atoms with van der Waals surface area (Å²) in [6.45, 7) is 6.02. The van der Waals surface area contributed by atoms with Gasteiger partial charge >= 0.3 is 5.97 Å². The topological polar surface area (TPSA) is 29.5 Å². The summed E-state index contributed by atoms with van der Waals surface area (Å²) in [7, 11) is 0. The smallest absolute Gasteiger partial charge is 0.336 e. The van der Waals surface area contributed by atoms with Crippen LogP contribution in [0.3, 0.4) is 0 Å². The normalized spacial score (nSPS) is 22.3. The predicted molar refractivity (Wildman–Crippen MR) is 62.4 cm³/mol. The van der Waals surface area contributed by atoms with Crippen LogP contribution in [0.1, 0.15) is 13.3 Å². The van der Waals surface area contributed by atoms with Crippen molar-refractivity contribution >= 4 is 5.97 Å². The average molecular weight is 217 g/mol. The maximum atomic E-state index is 11.8. The van der Waals surface area contributed by atoms with E-state index in [4.69, 9.17) is 4.74 Å². The molecule has 0 saturated carbocycles. The van der Waals surface area contributed by atoms with Gasteiger partial charge in [0.25, 0.3) is 0 Å². The van der Waals surface area contributed by atoms with Gasteiger partial charge in [-0.1, -0.05) is 12.2 Å². The summed E-state index contributed by atoms with van der Waals surface area (Å²) in [5.41, 5.74) is 1.68. The van der Waals surface area contributed by atoms with E-state index >= 15 is 0 Å². The van der Waals surface area contributed by atoms with Crippen LogP contribution in [-0.2, 0) is 9.53 Å². The van der Waals surface area contributed by atoms with E-state index in [-0.39, 0.29) is 12.0 Å². The number of carbonyl (C=O) groups is 1. The minimum Gasteiger partial charge on any atom is -0.463 e. The SMILES string of the molecule is C=C[C@H]1CC(C(=O)OCC)=C2C=CC=CN21. The maximum absolute atomic E-state index is 11.8. The molecule has 2 aliphatic rings. The number of hydrogen-bond acceptors (Lipinski definition) is 3. The molecule has 0 aliphatic carbocycles. The van der Waals surface area contributed by atoms with Crippen LogP contribution in [0.25, 0.3) is 0 Å². The molecule has 0 saturated heterocycles. The Morgan fingerprint density at radius 2 is 2.50 bits per heavy atom. The summed E-state index contributed by atoms with van der Waals surface area (Å²) in [6, 6.07) is 0.163. The molecule has 2 aliphatic heterocycles. The van der Waals surface area contributed by atoms with Gasteiger partial charge in [0.15, 0.2) is 0 Å². The van der Waals surface area contributed by atoms with Crippen LogP contribution in [0.4, 0.5) is 0 Å². The zero-order chi connectivity index (χ0) is 11.5. The Morgan fingerprint density at radius 3 is 3.19 bits per heavy atom. The monoisotopic (exact) mass is 217 g/mol. The standard InChI is InChI=1S/C13H15NO2/c1-3-10-9-11(13(15)16-4-2)12-7-5-6-8-14(10)12/h3,5-8,10H,1,4,9H2,2H3/t10-/m0/s1. The van der Waals surface area contributed by atoms with Crippen molar-refractivity contribution in [3.05, 3.63) is 48.4 Å². The molecular formula is C13H15NO2. The Labute approximate surface area is 95.4 Å². The van der Waals surface area contributed by atoms with E-state index in [1.165, 1.54) is 0 Å². The van der Waals surface area contributed by atoms with E-state index < -0.39 is 0 Å². The summed E-state index contributed by atoms with van der Waals surface area (Å²) in [5.74, 6) is -0.216. The van der Waals surface area contributed by atoms with Crippen molar-refractivity contribution in [3.63, 3.8) is 0 Å². The van der Waals surface area contributed by atoms with Crippen LogP contribution >= 0.6 is 0 Å². The summed E-state index contributed by atoms with van der Waals surface area (Å²) in [5, 5.41) is 0. The lowest BCUT2D eigenvalue weighted by Crippen LogP contribution is -2.22. The highest BCUT2D eigenvalue weighted by molar-refractivity contribution is 5.91. The molecule has 0 bridgehead atoms. The first-order valence-corrected chi connectivity index (χ1v) is 5.44. The Morgan fingerprint density at radius 1 is 1.69 bits per heavy atom. The van der Waals surface area contributed by atoms with Crippen LogP contribution in [0.15, 0.2) is 48.4 Å². The van der Waals surface area contributed by atoms with Crippen molar-refractivity contribution in [1.29, 1.82) is 0 Å². The number of ether oxygens (including phenoxy) is 1. The third-order valence-corrected chi connectivity index (χ3v) is 2.76. The summed E-state index contributed by atoms with van der Waals surface area (Å²) < 4.78 is 5.05. The van der Waals surface area contributed by atoms with Crippen molar-refractivity contribution in [3.8, 4) is 0 Å². The predicted octanol–water partition coefficient (Wildman–Crippen LogP) is 2.15. The van der Waals surface area contributed by atoms with E-state index in [9.17, 15) is 4.79 Å². The highest BCUT2D eigenvalue weighted by Crippen LogP contribution is 2.32. The van der Waals surface area contributed by atoms with E-state index in [1.54, 1.807) is 0 Å². The number of carbonyl (C=O) groups excluding carboxylic acids is 1. The van der Waals surface area contributed by atoms with Gasteiger partial charge in [-0.3, -0.25) is 0 Å². The molecule has 0 amide bonds. The minimum atomic E-state index is -0.216. The number of rotatable bonds is 3. The Bertz CT molecular complexity index is 404. The number of fused-ring (bicyclic) bond motifs is 1. The molecule has 0 aromatic rings. The first-order chi connectivity index (χ1) is 7.77. The van der Waals surface area contributed by atoms with Gasteiger partial charge in [-0.15, -0.1) is 6.58 Å². The first kappa shape index (κ1) is 10.7. The molecule has 84 valence electrons. The fourth-order valence-corrected chi connectivity index (χ4v) is 2.02. The van der Waals surface area contributed by atoms with E-state index in [1.807, 2.05) is 37.4 Å². The highest BCUT2D eigenvalue weighted by atomic mass is 16.5. The second-order valence-corrected chi connectivity index (χ2v) is 3.70. The lowest BCUT2D eigenvalue weighted by atomic mass is 10.1. The number of esters is 1. The second-order valence-electron chi connectivity index (χ2n) is 3.70. The van der Waals surface area contributed by atoms with Gasteiger partial charge in [0.1, 0.15) is 0 Å². The lowest BCUT2D eigenvalue weighted by molar-refractivity contribution is -0.138. The van der Waals surface area contributed by atoms with Crippen molar-refractivity contribution in [2.75, 3.05) is 6.61 Å². The Balaban J connectivity index is 2.30. The molecule has 0 aromatic heterocycles. The van der Waals surface area contributed by atoms with Gasteiger partial charge in [0.05, 0.1) is 23.9 Å². The molecule has 16 heavy (non-hydrogen) atoms. The van der Waals surface area contributed by atoms with E-state index in [0.717, 1.165) is 11.3 Å². The summed E-state index contributed by atoms with van der Waals surface area (Å²) in [6.07, 6.45) is 10.3. The van der Waals surface area contributed by atoms with Crippen LogP contribution in [0, 0.1) is 0 Å². The summed E-state index contributed by atoms with van der Waals surface area (Å²) in [4.78, 5) is 13.8. The Kier molecular flexibility index (Phi) is 2.95. The number of nitrogens with zero attached hydrogens (tertiary/aromatic N) is 1. The largest absolute Gasteiger partial charge is 0.463 e. The molecule has 0 radical (unpaired) electrons. The minimum absolute atomic E-state index is 0.163. The molecule has 2 rings (SSSR count). The van der Waals surface area contributed by atoms with Crippen LogP contribution in [-0.4, -0.2) is 23.5 Å². The molecule has 0 fully saturated rings. The molecule has 0 unspecified atom stereocenters. The van der Waals surface area contributed by atoms with Gasteiger partial charge in [0, 0.05) is 12.6 Å². The molecule has 0 N–H and O–H groups in total. The highest BCUT2D eigenvalue weighted by Gasteiger charge is 2.32. The quantitative estimate of drug-likeness (QED) is 0.536. The number of allylic oxidation sites excluding steroid dienone is 3. The maximum Gasteiger partial charge on any atom is 0.336 e. The van der Waals surface area contributed by atoms with E-state index in [0.29, 0.717) is 13.0 Å². The van der Waals surface area contributed by atoms with Crippen molar-refractivity contribution in [2.45, 2.75) is 19.4 Å². The first-order valence-electron chi connectivity index (χ1n) is 5.44. The van der Waals surface area contributed by atoms with Gasteiger partial charge < -0.3 is 9.64 Å². The van der Waals surface area contributed by atoms with Crippen molar-refractivity contribution < 1.29 is 9.53 Å². The van der Waals surface area contributed by atoms with Crippen molar-refractivity contribution in [2.24, 2.45) is 0 Å². The third kappa shape index (κ3) is 1.69. The Hall–Kier alpha value is -1.77. The van der Waals surface area contributed by atoms with E-state index in [2.05, 4.69) is 11.5 Å². The molecule has 2 heterocycles. The van der Waals surface area contributed by atoms with Crippen LogP contribution < -0.4 is 0 Å². The molecule has 3 heteroatoms. The van der Waals surface area contributed by atoms with Gasteiger partial charge in [0.2, 0.25) is 0 Å². The van der Waals surface area contributed by atoms with Gasteiger partial charge in [-0.2, -0.15) is 0 Å². The fraction of sp³-hybridized carbons (Fsp3) is 0.308. The molecule has 0 spiro atoms. The third-order valence-electron chi connectivity index (χ3n) is 2.76. The van der Waals surface area contributed by atoms with Crippen LogP contribution in [0.2, 0.25) is 0 Å². The molecular weight excluding hydrogens is 202 g/mol. The summed E-state index contributed by atoms with van der Waals surface area (Å²) >= 11 is 0. The van der Waals surface area contributed by atoms with Crippen LogP contribution in [0.5, 0.6) is 0 Å². The zero-order valence-electron chi connectivity index (χ0n) is 9.35. The lowest BCUT2D eigenvalue weighted by Gasteiger charge is -2.23. The fourth-order valence-electron chi connectivity index (χ4n) is 2.02. The molecule has 0 aromatic carbocycles. The number of hydrogen-bond donors (Lipinski definition) is 0. The molecule has 1 atom stereocenters. The second kappa shape index (κ2) is 4.39. The van der Waals surface area contributed by atoms with Gasteiger partial charge in [-0.05, 0) is 19.1 Å². The molecule has 3 nitrogen and oxygen atoms in total. The van der Waals surface area contributed by atoms with Crippen molar-refractivity contribution in [1.82, 2.24) is 4.90 Å².